The molecule has 120 valence electrons. The summed E-state index contributed by atoms with van der Waals surface area (Å²) in [6.07, 6.45) is 4.55. The number of hydrogen-bond donors (Lipinski definition) is 0. The molecule has 6 nitrogen and oxygen atoms in total. The maximum Gasteiger partial charge on any atom is 0.257 e. The van der Waals surface area contributed by atoms with E-state index < -0.39 is 0 Å². The summed E-state index contributed by atoms with van der Waals surface area (Å²) in [5, 5.41) is 0. The molecule has 1 aromatic heterocycles. The number of carbonyl (C=O) groups is 1. The van der Waals surface area contributed by atoms with E-state index in [2.05, 4.69) is 28.0 Å². The number of likely N-dealkylation sites (N-methyl/N-ethyl adjacent to an activating group) is 1. The van der Waals surface area contributed by atoms with E-state index in [-0.39, 0.29) is 11.9 Å². The lowest BCUT2D eigenvalue weighted by Crippen LogP contribution is -2.49. The van der Waals surface area contributed by atoms with Gasteiger partial charge in [0.05, 0.1) is 18.7 Å². The van der Waals surface area contributed by atoms with E-state index in [9.17, 15) is 4.79 Å². The second-order valence-electron chi connectivity index (χ2n) is 5.62. The summed E-state index contributed by atoms with van der Waals surface area (Å²) in [5.41, 5.74) is 1.62. The second kappa shape index (κ2) is 6.75. The first-order valence-corrected chi connectivity index (χ1v) is 7.58. The van der Waals surface area contributed by atoms with Gasteiger partial charge >= 0.3 is 0 Å². The van der Waals surface area contributed by atoms with Gasteiger partial charge in [-0.25, -0.2) is 9.97 Å². The van der Waals surface area contributed by atoms with Crippen molar-refractivity contribution < 1.29 is 9.53 Å². The summed E-state index contributed by atoms with van der Waals surface area (Å²) in [5.74, 6) is 0.820. The topological polar surface area (TPSA) is 58.6 Å². The third-order valence-electron chi connectivity index (χ3n) is 4.24. The van der Waals surface area contributed by atoms with Gasteiger partial charge in [-0.1, -0.05) is 18.2 Å². The van der Waals surface area contributed by atoms with Crippen molar-refractivity contribution in [1.82, 2.24) is 19.8 Å². The maximum atomic E-state index is 12.6. The van der Waals surface area contributed by atoms with E-state index >= 15 is 0 Å². The van der Waals surface area contributed by atoms with E-state index in [0.717, 1.165) is 17.9 Å². The Labute approximate surface area is 135 Å². The molecule has 3 rings (SSSR count). The quantitative estimate of drug-likeness (QED) is 0.862. The zero-order valence-corrected chi connectivity index (χ0v) is 13.3. The molecule has 0 spiro atoms. The minimum absolute atomic E-state index is 0.0291. The number of amides is 1. The van der Waals surface area contributed by atoms with Crippen LogP contribution < -0.4 is 4.74 Å². The van der Waals surface area contributed by atoms with E-state index in [4.69, 9.17) is 4.74 Å². The number of hydrogen-bond acceptors (Lipinski definition) is 5. The lowest BCUT2D eigenvalue weighted by Gasteiger charge is -2.40. The molecule has 1 atom stereocenters. The number of aromatic nitrogens is 2. The molecular formula is C17H20N4O2. The molecule has 1 aliphatic heterocycles. The van der Waals surface area contributed by atoms with Crippen LogP contribution in [0.2, 0.25) is 0 Å². The number of carbonyl (C=O) groups excluding carboxylic acids is 1. The molecule has 1 aromatic carbocycles. The highest BCUT2D eigenvalue weighted by molar-refractivity contribution is 5.93. The number of rotatable bonds is 3. The van der Waals surface area contributed by atoms with Crippen LogP contribution in [-0.2, 0) is 0 Å². The van der Waals surface area contributed by atoms with Gasteiger partial charge < -0.3 is 9.64 Å². The Balaban J connectivity index is 1.83. The van der Waals surface area contributed by atoms with Crippen LogP contribution in [0.1, 0.15) is 22.0 Å². The van der Waals surface area contributed by atoms with Gasteiger partial charge in [0.15, 0.2) is 0 Å². The van der Waals surface area contributed by atoms with Gasteiger partial charge in [0.1, 0.15) is 12.1 Å². The Kier molecular flexibility index (Phi) is 4.52. The number of ether oxygens (including phenoxy) is 1. The Morgan fingerprint density at radius 2 is 1.96 bits per heavy atom. The molecule has 0 unspecified atom stereocenters. The largest absolute Gasteiger partial charge is 0.496 e. The highest BCUT2D eigenvalue weighted by atomic mass is 16.5. The molecule has 6 heteroatoms. The minimum atomic E-state index is -0.0291. The fourth-order valence-corrected chi connectivity index (χ4v) is 2.93. The average Bonchev–Trinajstić information content (AvgIpc) is 2.62. The van der Waals surface area contributed by atoms with Crippen LogP contribution in [0, 0.1) is 0 Å². The van der Waals surface area contributed by atoms with Crippen LogP contribution in [0.3, 0.4) is 0 Å². The molecule has 0 radical (unpaired) electrons. The van der Waals surface area contributed by atoms with Crippen molar-refractivity contribution in [3.63, 3.8) is 0 Å². The van der Waals surface area contributed by atoms with Crippen LogP contribution in [-0.4, -0.2) is 59.5 Å². The monoisotopic (exact) mass is 312 g/mol. The van der Waals surface area contributed by atoms with E-state index in [1.165, 1.54) is 6.33 Å². The third-order valence-corrected chi connectivity index (χ3v) is 4.24. The van der Waals surface area contributed by atoms with Gasteiger partial charge in [0, 0.05) is 37.6 Å². The van der Waals surface area contributed by atoms with Crippen LogP contribution in [0.4, 0.5) is 0 Å². The first-order valence-electron chi connectivity index (χ1n) is 7.58. The lowest BCUT2D eigenvalue weighted by atomic mass is 10.0. The Morgan fingerprint density at radius 3 is 2.70 bits per heavy atom. The number of benzene rings is 1. The van der Waals surface area contributed by atoms with Gasteiger partial charge in [-0.05, 0) is 13.1 Å². The predicted molar refractivity (Wildman–Crippen MR) is 86.3 cm³/mol. The van der Waals surface area contributed by atoms with Crippen LogP contribution in [0.5, 0.6) is 5.75 Å². The minimum Gasteiger partial charge on any atom is -0.496 e. The highest BCUT2D eigenvalue weighted by Gasteiger charge is 2.30. The number of methoxy groups -OCH3 is 1. The van der Waals surface area contributed by atoms with Crippen molar-refractivity contribution in [2.75, 3.05) is 33.8 Å². The van der Waals surface area contributed by atoms with Crippen molar-refractivity contribution in [3.05, 3.63) is 54.1 Å². The molecule has 0 bridgehead atoms. The van der Waals surface area contributed by atoms with Gasteiger partial charge in [-0.2, -0.15) is 0 Å². The van der Waals surface area contributed by atoms with Gasteiger partial charge in [-0.3, -0.25) is 9.69 Å². The number of piperazine rings is 1. The van der Waals surface area contributed by atoms with Gasteiger partial charge in [0.25, 0.3) is 5.91 Å². The zero-order chi connectivity index (χ0) is 16.2. The predicted octanol–water partition coefficient (Wildman–Crippen LogP) is 1.61. The van der Waals surface area contributed by atoms with Gasteiger partial charge in [-0.15, -0.1) is 0 Å². The van der Waals surface area contributed by atoms with E-state index in [1.54, 1.807) is 19.5 Å². The summed E-state index contributed by atoms with van der Waals surface area (Å²) in [4.78, 5) is 24.6. The fraction of sp³-hybridized carbons (Fsp3) is 0.353. The standard InChI is InChI=1S/C17H20N4O2/c1-20-7-8-21(17(22)13-9-18-12-19-10-13)11-15(20)14-5-3-4-6-16(14)23-2/h3-6,9-10,12,15H,7-8,11H2,1-2H3/t15-/m1/s1. The Morgan fingerprint density at radius 1 is 1.22 bits per heavy atom. The molecule has 1 fully saturated rings. The molecule has 1 aliphatic rings. The smallest absolute Gasteiger partial charge is 0.257 e. The van der Waals surface area contributed by atoms with Crippen molar-refractivity contribution in [1.29, 1.82) is 0 Å². The Hall–Kier alpha value is -2.47. The molecular weight excluding hydrogens is 292 g/mol. The molecule has 1 saturated heterocycles. The van der Waals surface area contributed by atoms with Gasteiger partial charge in [0.2, 0.25) is 0 Å². The first kappa shape index (κ1) is 15.4. The summed E-state index contributed by atoms with van der Waals surface area (Å²) < 4.78 is 5.48. The molecule has 0 N–H and O–H groups in total. The number of nitrogens with zero attached hydrogens (tertiary/aromatic N) is 4. The summed E-state index contributed by atoms with van der Waals surface area (Å²) >= 11 is 0. The van der Waals surface area contributed by atoms with Crippen LogP contribution >= 0.6 is 0 Å². The Bertz CT molecular complexity index is 677. The van der Waals surface area contributed by atoms with Crippen LogP contribution in [0.25, 0.3) is 0 Å². The van der Waals surface area contributed by atoms with Crippen molar-refractivity contribution in [3.8, 4) is 5.75 Å². The summed E-state index contributed by atoms with van der Waals surface area (Å²) in [7, 11) is 3.75. The zero-order valence-electron chi connectivity index (χ0n) is 13.3. The maximum absolute atomic E-state index is 12.6. The average molecular weight is 312 g/mol. The number of para-hydroxylation sites is 1. The van der Waals surface area contributed by atoms with Crippen molar-refractivity contribution in [2.45, 2.75) is 6.04 Å². The molecule has 1 amide bonds. The fourth-order valence-electron chi connectivity index (χ4n) is 2.93. The summed E-state index contributed by atoms with van der Waals surface area (Å²) in [6, 6.07) is 8.06. The summed E-state index contributed by atoms with van der Waals surface area (Å²) in [6.45, 7) is 2.11. The van der Waals surface area contributed by atoms with Crippen molar-refractivity contribution >= 4 is 5.91 Å². The second-order valence-corrected chi connectivity index (χ2v) is 5.62. The molecule has 2 heterocycles. The third kappa shape index (κ3) is 3.17. The highest BCUT2D eigenvalue weighted by Crippen LogP contribution is 2.31. The van der Waals surface area contributed by atoms with E-state index in [1.807, 2.05) is 23.1 Å². The molecule has 23 heavy (non-hydrogen) atoms. The SMILES string of the molecule is COc1ccccc1[C@H]1CN(C(=O)c2cncnc2)CCN1C. The lowest BCUT2D eigenvalue weighted by molar-refractivity contribution is 0.0541. The molecule has 2 aromatic rings. The molecule has 0 aliphatic carbocycles. The van der Waals surface area contributed by atoms with Crippen LogP contribution in [0.15, 0.2) is 43.0 Å². The normalized spacial score (nSPS) is 18.7. The molecule has 0 saturated carbocycles. The van der Waals surface area contributed by atoms with E-state index in [0.29, 0.717) is 18.7 Å². The van der Waals surface area contributed by atoms with Crippen molar-refractivity contribution in [2.24, 2.45) is 0 Å². The first-order chi connectivity index (χ1) is 11.2.